The van der Waals surface area contributed by atoms with Gasteiger partial charge in [-0.15, -0.1) is 0 Å². The van der Waals surface area contributed by atoms with Crippen LogP contribution in [-0.4, -0.2) is 4.57 Å². The molecule has 11 aromatic rings. The Balaban J connectivity index is 1.10. The summed E-state index contributed by atoms with van der Waals surface area (Å²) in [5.74, 6) is 0. The molecule has 0 radical (unpaired) electrons. The molecule has 0 amide bonds. The minimum atomic E-state index is -0.122. The molecule has 0 fully saturated rings. The molecule has 278 valence electrons. The van der Waals surface area contributed by atoms with Crippen molar-refractivity contribution < 1.29 is 0 Å². The number of anilines is 3. The molecule has 2 nitrogen and oxygen atoms in total. The second kappa shape index (κ2) is 12.8. The summed E-state index contributed by atoms with van der Waals surface area (Å²) < 4.78 is 2.53. The van der Waals surface area contributed by atoms with E-state index in [1.165, 1.54) is 87.5 Å². The summed E-state index contributed by atoms with van der Waals surface area (Å²) in [6.07, 6.45) is 0. The smallest absolute Gasteiger partial charge is 0.0547 e. The van der Waals surface area contributed by atoms with Gasteiger partial charge in [0, 0.05) is 44.3 Å². The van der Waals surface area contributed by atoms with Crippen LogP contribution >= 0.6 is 0 Å². The highest BCUT2D eigenvalue weighted by molar-refractivity contribution is 6.35. The molecule has 2 heteroatoms. The quantitative estimate of drug-likeness (QED) is 0.159. The molecule has 1 aliphatic carbocycles. The van der Waals surface area contributed by atoms with Crippen molar-refractivity contribution in [3.8, 4) is 27.9 Å². The van der Waals surface area contributed by atoms with Crippen molar-refractivity contribution in [3.63, 3.8) is 0 Å². The first-order valence-corrected chi connectivity index (χ1v) is 20.6. The predicted molar refractivity (Wildman–Crippen MR) is 251 cm³/mol. The van der Waals surface area contributed by atoms with Crippen molar-refractivity contribution >= 4 is 71.2 Å². The van der Waals surface area contributed by atoms with E-state index >= 15 is 0 Å². The summed E-state index contributed by atoms with van der Waals surface area (Å²) >= 11 is 0. The van der Waals surface area contributed by atoms with Crippen LogP contribution in [0.5, 0.6) is 0 Å². The molecule has 0 saturated carbocycles. The molecule has 0 saturated heterocycles. The Morgan fingerprint density at radius 2 is 0.932 bits per heavy atom. The van der Waals surface area contributed by atoms with Crippen LogP contribution in [0.1, 0.15) is 25.0 Å². The molecule has 0 aliphatic heterocycles. The summed E-state index contributed by atoms with van der Waals surface area (Å²) in [7, 11) is 0. The van der Waals surface area contributed by atoms with Crippen LogP contribution in [0.2, 0.25) is 0 Å². The van der Waals surface area contributed by atoms with Crippen molar-refractivity contribution in [2.75, 3.05) is 4.90 Å². The highest BCUT2D eigenvalue weighted by Crippen LogP contribution is 2.52. The lowest BCUT2D eigenvalue weighted by Gasteiger charge is -2.25. The third-order valence-corrected chi connectivity index (χ3v) is 12.9. The summed E-state index contributed by atoms with van der Waals surface area (Å²) in [6.45, 7) is 4.76. The molecule has 0 N–H and O–H groups in total. The third kappa shape index (κ3) is 5.00. The van der Waals surface area contributed by atoms with Gasteiger partial charge in [0.05, 0.1) is 11.0 Å². The van der Waals surface area contributed by atoms with E-state index in [-0.39, 0.29) is 5.41 Å². The fourth-order valence-electron chi connectivity index (χ4n) is 10.2. The standard InChI is InChI=1S/C57H40N2/c1-57(2)51-27-14-13-25-46(51)49-35-50-54(36-52(49)57)59(53-33-32-48-45-24-10-9-22-43(45)44-23-11-12-26-47(44)55(48)56(50)53)42-21-15-16-38(34-42)37-28-30-41(31-29-37)58(39-17-5-3-6-18-39)40-19-7-4-8-20-40/h3-36H,1-2H3. The molecule has 59 heavy (non-hydrogen) atoms. The Hall–Kier alpha value is -7.42. The second-order valence-electron chi connectivity index (χ2n) is 16.5. The molecular weight excluding hydrogens is 713 g/mol. The van der Waals surface area contributed by atoms with E-state index in [2.05, 4.69) is 230 Å². The molecule has 0 bridgehead atoms. The average Bonchev–Trinajstić information content (AvgIpc) is 3.74. The number of aromatic nitrogens is 1. The molecule has 12 rings (SSSR count). The lowest BCUT2D eigenvalue weighted by molar-refractivity contribution is 0.661. The molecule has 10 aromatic carbocycles. The van der Waals surface area contributed by atoms with Gasteiger partial charge in [-0.2, -0.15) is 0 Å². The number of para-hydroxylation sites is 2. The molecule has 1 heterocycles. The van der Waals surface area contributed by atoms with Gasteiger partial charge < -0.3 is 9.47 Å². The first-order valence-electron chi connectivity index (χ1n) is 20.6. The van der Waals surface area contributed by atoms with Crippen LogP contribution in [0.3, 0.4) is 0 Å². The zero-order valence-electron chi connectivity index (χ0n) is 33.0. The molecule has 0 spiro atoms. The van der Waals surface area contributed by atoms with Gasteiger partial charge in [0.15, 0.2) is 0 Å². The van der Waals surface area contributed by atoms with Crippen LogP contribution in [0.4, 0.5) is 17.1 Å². The van der Waals surface area contributed by atoms with Gasteiger partial charge in [-0.1, -0.05) is 153 Å². The Labute approximate surface area is 343 Å². The maximum atomic E-state index is 2.53. The van der Waals surface area contributed by atoms with E-state index in [0.29, 0.717) is 0 Å². The SMILES string of the molecule is CC1(C)c2ccccc2-c2cc3c4c5c6ccccc6c6ccccc6c5ccc4n(-c4cccc(-c5ccc(N(c6ccccc6)c6ccccc6)cc5)c4)c3cc21. The van der Waals surface area contributed by atoms with Gasteiger partial charge in [0.25, 0.3) is 0 Å². The lowest BCUT2D eigenvalue weighted by Crippen LogP contribution is -2.14. The Kier molecular flexibility index (Phi) is 7.31. The largest absolute Gasteiger partial charge is 0.311 e. The maximum absolute atomic E-state index is 2.53. The minimum absolute atomic E-state index is 0.122. The van der Waals surface area contributed by atoms with Gasteiger partial charge in [-0.05, 0) is 127 Å². The van der Waals surface area contributed by atoms with Gasteiger partial charge >= 0.3 is 0 Å². The first-order chi connectivity index (χ1) is 29.0. The van der Waals surface area contributed by atoms with Crippen LogP contribution in [0.15, 0.2) is 206 Å². The van der Waals surface area contributed by atoms with Crippen molar-refractivity contribution in [3.05, 3.63) is 217 Å². The number of benzene rings is 10. The molecule has 1 aromatic heterocycles. The van der Waals surface area contributed by atoms with E-state index in [1.54, 1.807) is 0 Å². The normalized spacial score (nSPS) is 13.1. The number of rotatable bonds is 5. The fourth-order valence-corrected chi connectivity index (χ4v) is 10.2. The lowest BCUT2D eigenvalue weighted by atomic mass is 9.82. The Bertz CT molecular complexity index is 3370. The predicted octanol–water partition coefficient (Wildman–Crippen LogP) is 15.7. The zero-order chi connectivity index (χ0) is 39.2. The summed E-state index contributed by atoms with van der Waals surface area (Å²) in [4.78, 5) is 2.31. The summed E-state index contributed by atoms with van der Waals surface area (Å²) in [6, 6.07) is 75.9. The van der Waals surface area contributed by atoms with Crippen LogP contribution < -0.4 is 4.90 Å². The van der Waals surface area contributed by atoms with E-state index in [1.807, 2.05) is 0 Å². The Morgan fingerprint density at radius 1 is 0.356 bits per heavy atom. The zero-order valence-corrected chi connectivity index (χ0v) is 33.0. The summed E-state index contributed by atoms with van der Waals surface area (Å²) in [5, 5.41) is 10.4. The number of nitrogens with zero attached hydrogens (tertiary/aromatic N) is 2. The minimum Gasteiger partial charge on any atom is -0.311 e. The highest BCUT2D eigenvalue weighted by Gasteiger charge is 2.36. The molecule has 0 atom stereocenters. The topological polar surface area (TPSA) is 8.17 Å². The number of hydrogen-bond donors (Lipinski definition) is 0. The van der Waals surface area contributed by atoms with Crippen LogP contribution in [-0.2, 0) is 5.41 Å². The van der Waals surface area contributed by atoms with Crippen LogP contribution in [0, 0.1) is 0 Å². The monoisotopic (exact) mass is 752 g/mol. The van der Waals surface area contributed by atoms with Crippen molar-refractivity contribution in [2.45, 2.75) is 19.3 Å². The molecule has 1 aliphatic rings. The average molecular weight is 753 g/mol. The number of fused-ring (bicyclic) bond motifs is 13. The number of hydrogen-bond acceptors (Lipinski definition) is 1. The van der Waals surface area contributed by atoms with Crippen molar-refractivity contribution in [2.24, 2.45) is 0 Å². The molecular formula is C57H40N2. The second-order valence-corrected chi connectivity index (χ2v) is 16.5. The van der Waals surface area contributed by atoms with Gasteiger partial charge in [0.2, 0.25) is 0 Å². The highest BCUT2D eigenvalue weighted by atomic mass is 15.1. The van der Waals surface area contributed by atoms with Gasteiger partial charge in [-0.25, -0.2) is 0 Å². The van der Waals surface area contributed by atoms with E-state index in [9.17, 15) is 0 Å². The van der Waals surface area contributed by atoms with Crippen molar-refractivity contribution in [1.82, 2.24) is 4.57 Å². The Morgan fingerprint density at radius 3 is 1.63 bits per heavy atom. The van der Waals surface area contributed by atoms with Gasteiger partial charge in [-0.3, -0.25) is 0 Å². The van der Waals surface area contributed by atoms with E-state index < -0.39 is 0 Å². The van der Waals surface area contributed by atoms with Crippen molar-refractivity contribution in [1.29, 1.82) is 0 Å². The van der Waals surface area contributed by atoms with Crippen LogP contribution in [0.25, 0.3) is 82.1 Å². The maximum Gasteiger partial charge on any atom is 0.0547 e. The summed E-state index contributed by atoms with van der Waals surface area (Å²) in [5.41, 5.74) is 14.7. The first kappa shape index (κ1) is 33.7. The van der Waals surface area contributed by atoms with E-state index in [0.717, 1.165) is 22.7 Å². The molecule has 0 unspecified atom stereocenters. The fraction of sp³-hybridized carbons (Fsp3) is 0.0526. The van der Waals surface area contributed by atoms with E-state index in [4.69, 9.17) is 0 Å². The third-order valence-electron chi connectivity index (χ3n) is 12.9. The van der Waals surface area contributed by atoms with Gasteiger partial charge in [0.1, 0.15) is 0 Å².